The predicted molar refractivity (Wildman–Crippen MR) is 109 cm³/mol. The van der Waals surface area contributed by atoms with E-state index in [2.05, 4.69) is 0 Å². The first-order valence-electron chi connectivity index (χ1n) is 8.31. The van der Waals surface area contributed by atoms with Crippen LogP contribution in [0.1, 0.15) is 5.56 Å². The molecule has 0 amide bonds. The highest BCUT2D eigenvalue weighted by molar-refractivity contribution is 7.92. The minimum atomic E-state index is -4.18. The van der Waals surface area contributed by atoms with E-state index in [9.17, 15) is 18.3 Å². The van der Waals surface area contributed by atoms with Gasteiger partial charge in [-0.05, 0) is 42.1 Å². The van der Waals surface area contributed by atoms with E-state index in [1.54, 1.807) is 25.1 Å². The van der Waals surface area contributed by atoms with Crippen LogP contribution >= 0.6 is 11.6 Å². The Morgan fingerprint density at radius 1 is 1.14 bits per heavy atom. The number of anilines is 1. The summed E-state index contributed by atoms with van der Waals surface area (Å²) in [7, 11) is -2.70. The Balaban J connectivity index is 2.23. The second kappa shape index (κ2) is 7.69. The van der Waals surface area contributed by atoms with Crippen molar-refractivity contribution in [2.45, 2.75) is 11.8 Å². The summed E-state index contributed by atoms with van der Waals surface area (Å²) in [6.07, 6.45) is 0. The van der Waals surface area contributed by atoms with Gasteiger partial charge in [-0.3, -0.25) is 9.10 Å². The average Bonchev–Trinajstić information content (AvgIpc) is 2.64. The molecule has 0 saturated carbocycles. The van der Waals surface area contributed by atoms with Crippen molar-refractivity contribution in [3.8, 4) is 5.75 Å². The summed E-state index contributed by atoms with van der Waals surface area (Å²) < 4.78 is 32.8. The van der Waals surface area contributed by atoms with E-state index in [-0.39, 0.29) is 15.6 Å². The van der Waals surface area contributed by atoms with Crippen molar-refractivity contribution < 1.29 is 23.1 Å². The molecule has 3 aromatic rings. The van der Waals surface area contributed by atoms with Gasteiger partial charge in [0.25, 0.3) is 10.0 Å². The molecule has 3 rings (SSSR count). The van der Waals surface area contributed by atoms with E-state index in [1.165, 1.54) is 25.3 Å². The fourth-order valence-electron chi connectivity index (χ4n) is 2.99. The highest BCUT2D eigenvalue weighted by Crippen LogP contribution is 2.34. The van der Waals surface area contributed by atoms with Crippen molar-refractivity contribution in [2.24, 2.45) is 0 Å². The second-order valence-corrected chi connectivity index (χ2v) is 8.54. The normalized spacial score (nSPS) is 11.4. The van der Waals surface area contributed by atoms with Crippen LogP contribution in [0, 0.1) is 6.92 Å². The van der Waals surface area contributed by atoms with E-state index < -0.39 is 22.5 Å². The lowest BCUT2D eigenvalue weighted by atomic mass is 10.1. The third-order valence-corrected chi connectivity index (χ3v) is 6.17. The van der Waals surface area contributed by atoms with Crippen LogP contribution in [-0.2, 0) is 14.8 Å². The number of carboxylic acid groups (broad SMARTS) is 1. The number of ether oxygens (including phenoxy) is 1. The first-order chi connectivity index (χ1) is 13.2. The molecule has 0 heterocycles. The third-order valence-electron chi connectivity index (χ3n) is 4.20. The second-order valence-electron chi connectivity index (χ2n) is 6.24. The third kappa shape index (κ3) is 3.90. The zero-order valence-corrected chi connectivity index (χ0v) is 16.8. The van der Waals surface area contributed by atoms with Gasteiger partial charge in [0.15, 0.2) is 0 Å². The van der Waals surface area contributed by atoms with Gasteiger partial charge in [-0.2, -0.15) is 0 Å². The summed E-state index contributed by atoms with van der Waals surface area (Å²) in [4.78, 5) is 11.4. The number of nitrogens with zero attached hydrogens (tertiary/aromatic N) is 1. The maximum Gasteiger partial charge on any atom is 0.324 e. The van der Waals surface area contributed by atoms with Gasteiger partial charge < -0.3 is 9.84 Å². The quantitative estimate of drug-likeness (QED) is 0.650. The first kappa shape index (κ1) is 20.0. The molecule has 0 aliphatic carbocycles. The van der Waals surface area contributed by atoms with Crippen molar-refractivity contribution in [3.63, 3.8) is 0 Å². The van der Waals surface area contributed by atoms with Gasteiger partial charge in [0.1, 0.15) is 12.3 Å². The molecule has 0 bridgehead atoms. The number of carbonyl (C=O) groups is 1. The van der Waals surface area contributed by atoms with Gasteiger partial charge in [0, 0.05) is 16.5 Å². The largest absolute Gasteiger partial charge is 0.496 e. The molecule has 6 nitrogen and oxygen atoms in total. The van der Waals surface area contributed by atoms with Crippen LogP contribution < -0.4 is 9.04 Å². The van der Waals surface area contributed by atoms with Gasteiger partial charge in [-0.15, -0.1) is 0 Å². The predicted octanol–water partition coefficient (Wildman–Crippen LogP) is 4.09. The molecule has 0 aliphatic rings. The lowest BCUT2D eigenvalue weighted by molar-refractivity contribution is -0.135. The number of hydrogen-bond acceptors (Lipinski definition) is 4. The number of halogens is 1. The van der Waals surface area contributed by atoms with E-state index in [0.717, 1.165) is 15.1 Å². The molecule has 0 saturated heterocycles. The molecule has 0 aliphatic heterocycles. The number of sulfonamides is 1. The van der Waals surface area contributed by atoms with Gasteiger partial charge in [0.05, 0.1) is 17.7 Å². The molecule has 0 spiro atoms. The van der Waals surface area contributed by atoms with E-state index in [1.807, 2.05) is 18.2 Å². The molecular weight excluding hydrogens is 402 g/mol. The molecule has 146 valence electrons. The molecule has 0 aromatic heterocycles. The van der Waals surface area contributed by atoms with Crippen molar-refractivity contribution in [1.29, 1.82) is 0 Å². The number of hydrogen-bond donors (Lipinski definition) is 1. The molecule has 1 N–H and O–H groups in total. The number of aliphatic carboxylic acids is 1. The van der Waals surface area contributed by atoms with Gasteiger partial charge >= 0.3 is 5.97 Å². The highest BCUT2D eigenvalue weighted by atomic mass is 35.5. The zero-order chi connectivity index (χ0) is 20.5. The van der Waals surface area contributed by atoms with Crippen LogP contribution in [-0.4, -0.2) is 33.1 Å². The number of fused-ring (bicyclic) bond motifs is 1. The number of methoxy groups -OCH3 is 1. The highest BCUT2D eigenvalue weighted by Gasteiger charge is 2.28. The summed E-state index contributed by atoms with van der Waals surface area (Å²) >= 11 is 6.02. The number of aryl methyl sites for hydroxylation is 1. The van der Waals surface area contributed by atoms with E-state index in [4.69, 9.17) is 16.3 Å². The summed E-state index contributed by atoms with van der Waals surface area (Å²) in [5.74, 6) is -0.838. The van der Waals surface area contributed by atoms with Crippen molar-refractivity contribution in [1.82, 2.24) is 0 Å². The van der Waals surface area contributed by atoms with Crippen molar-refractivity contribution in [2.75, 3.05) is 18.0 Å². The van der Waals surface area contributed by atoms with Gasteiger partial charge in [0.2, 0.25) is 0 Å². The summed E-state index contributed by atoms with van der Waals surface area (Å²) in [6, 6.07) is 14.8. The van der Waals surface area contributed by atoms with Crippen LogP contribution in [0.4, 0.5) is 5.69 Å². The Hall–Kier alpha value is -2.77. The van der Waals surface area contributed by atoms with Crippen LogP contribution in [0.25, 0.3) is 10.8 Å². The van der Waals surface area contributed by atoms with Gasteiger partial charge in [-0.25, -0.2) is 8.42 Å². The maximum atomic E-state index is 13.3. The first-order valence-corrected chi connectivity index (χ1v) is 10.1. The molecular formula is C20H18ClNO5S. The lowest BCUT2D eigenvalue weighted by Crippen LogP contribution is -2.35. The lowest BCUT2D eigenvalue weighted by Gasteiger charge is -2.24. The van der Waals surface area contributed by atoms with Gasteiger partial charge in [-0.1, -0.05) is 35.9 Å². The molecule has 8 heteroatoms. The molecule has 0 atom stereocenters. The maximum absolute atomic E-state index is 13.3. The molecule has 0 radical (unpaired) electrons. The molecule has 3 aromatic carbocycles. The zero-order valence-electron chi connectivity index (χ0n) is 15.2. The van der Waals surface area contributed by atoms with Crippen LogP contribution in [0.3, 0.4) is 0 Å². The number of benzene rings is 3. The Bertz CT molecular complexity index is 1140. The smallest absolute Gasteiger partial charge is 0.324 e. The van der Waals surface area contributed by atoms with Crippen molar-refractivity contribution in [3.05, 3.63) is 65.2 Å². The topological polar surface area (TPSA) is 83.9 Å². The summed E-state index contributed by atoms with van der Waals surface area (Å²) in [5, 5.41) is 11.1. The summed E-state index contributed by atoms with van der Waals surface area (Å²) in [6.45, 7) is 0.973. The Kier molecular flexibility index (Phi) is 5.49. The standard InChI is InChI=1S/C20H18ClNO5S/c1-13-7-15(21)10-17(8-13)28(25,26)22(12-20(23)24)16-9-14-5-3-4-6-18(14)19(11-16)27-2/h3-11H,12H2,1-2H3,(H,23,24). The minimum absolute atomic E-state index is 0.0779. The minimum Gasteiger partial charge on any atom is -0.496 e. The summed E-state index contributed by atoms with van der Waals surface area (Å²) in [5.41, 5.74) is 0.841. The monoisotopic (exact) mass is 419 g/mol. The fraction of sp³-hybridized carbons (Fsp3) is 0.150. The average molecular weight is 420 g/mol. The Labute approximate surface area is 168 Å². The van der Waals surface area contributed by atoms with E-state index >= 15 is 0 Å². The molecule has 0 unspecified atom stereocenters. The number of rotatable bonds is 6. The van der Waals surface area contributed by atoms with Crippen LogP contribution in [0.5, 0.6) is 5.75 Å². The Morgan fingerprint density at radius 3 is 2.50 bits per heavy atom. The van der Waals surface area contributed by atoms with Crippen LogP contribution in [0.15, 0.2) is 59.5 Å². The van der Waals surface area contributed by atoms with Crippen molar-refractivity contribution >= 4 is 44.1 Å². The van der Waals surface area contributed by atoms with E-state index in [0.29, 0.717) is 11.3 Å². The molecule has 28 heavy (non-hydrogen) atoms. The number of carboxylic acids is 1. The van der Waals surface area contributed by atoms with Crippen LogP contribution in [0.2, 0.25) is 5.02 Å². The SMILES string of the molecule is COc1cc(N(CC(=O)O)S(=O)(=O)c2cc(C)cc(Cl)c2)cc2ccccc12. The Morgan fingerprint density at radius 2 is 1.86 bits per heavy atom. The molecule has 0 fully saturated rings. The fourth-order valence-corrected chi connectivity index (χ4v) is 4.87.